The van der Waals surface area contributed by atoms with Crippen molar-refractivity contribution in [1.29, 1.82) is 0 Å². The molecule has 16 heavy (non-hydrogen) atoms. The van der Waals surface area contributed by atoms with Gasteiger partial charge in [-0.15, -0.1) is 4.83 Å². The third-order valence-corrected chi connectivity index (χ3v) is 3.46. The van der Waals surface area contributed by atoms with Gasteiger partial charge in [-0.2, -0.15) is 5.10 Å². The maximum Gasteiger partial charge on any atom is 0.325 e. The van der Waals surface area contributed by atoms with Gasteiger partial charge in [0.15, 0.2) is 0 Å². The van der Waals surface area contributed by atoms with Gasteiger partial charge in [-0.25, -0.2) is 8.42 Å². The van der Waals surface area contributed by atoms with Gasteiger partial charge in [0.05, 0.1) is 11.4 Å². The lowest BCUT2D eigenvalue weighted by molar-refractivity contribution is -0.137. The maximum atomic E-state index is 11.5. The first-order chi connectivity index (χ1) is 7.29. The van der Waals surface area contributed by atoms with Crippen LogP contribution in [0, 0.1) is 13.8 Å². The summed E-state index contributed by atoms with van der Waals surface area (Å²) in [5.74, 6) is 3.79. The molecule has 0 bridgehead atoms. The van der Waals surface area contributed by atoms with Crippen LogP contribution in [0.2, 0.25) is 0 Å². The summed E-state index contributed by atoms with van der Waals surface area (Å²) >= 11 is 0. The van der Waals surface area contributed by atoms with Crippen LogP contribution in [0.3, 0.4) is 0 Å². The van der Waals surface area contributed by atoms with Crippen LogP contribution in [0.5, 0.6) is 0 Å². The summed E-state index contributed by atoms with van der Waals surface area (Å²) in [7, 11) is -3.82. The Labute approximate surface area is 92.1 Å². The van der Waals surface area contributed by atoms with Crippen molar-refractivity contribution in [2.45, 2.75) is 25.3 Å². The molecule has 0 saturated carbocycles. The van der Waals surface area contributed by atoms with E-state index in [0.29, 0.717) is 0 Å². The molecule has 0 aliphatic heterocycles. The van der Waals surface area contributed by atoms with Crippen molar-refractivity contribution >= 4 is 16.0 Å². The van der Waals surface area contributed by atoms with Gasteiger partial charge >= 0.3 is 5.97 Å². The molecule has 0 spiro atoms. The maximum absolute atomic E-state index is 11.5. The van der Waals surface area contributed by atoms with E-state index in [4.69, 9.17) is 10.9 Å². The Bertz CT molecular complexity index is 519. The number of nitrogens with one attached hydrogen (secondary N) is 1. The Morgan fingerprint density at radius 2 is 2.12 bits per heavy atom. The number of hydrogen-bond acceptors (Lipinski definition) is 5. The van der Waals surface area contributed by atoms with Crippen molar-refractivity contribution in [3.8, 4) is 0 Å². The predicted molar refractivity (Wildman–Crippen MR) is 53.8 cm³/mol. The van der Waals surface area contributed by atoms with E-state index in [0.717, 1.165) is 4.68 Å². The second-order valence-electron chi connectivity index (χ2n) is 3.17. The van der Waals surface area contributed by atoms with Gasteiger partial charge in [-0.05, 0) is 13.8 Å². The van der Waals surface area contributed by atoms with E-state index < -0.39 is 22.5 Å². The predicted octanol–water partition coefficient (Wildman–Crippen LogP) is -1.26. The topological polar surface area (TPSA) is 127 Å². The number of aromatic nitrogens is 2. The van der Waals surface area contributed by atoms with Crippen molar-refractivity contribution in [1.82, 2.24) is 14.6 Å². The van der Waals surface area contributed by atoms with E-state index in [1.54, 1.807) is 4.83 Å². The molecule has 0 fully saturated rings. The molecule has 8 nitrogen and oxygen atoms in total. The molecule has 1 aromatic heterocycles. The molecule has 4 N–H and O–H groups in total. The van der Waals surface area contributed by atoms with Gasteiger partial charge in [0.2, 0.25) is 0 Å². The molecule has 0 aliphatic carbocycles. The van der Waals surface area contributed by atoms with Crippen LogP contribution in [-0.4, -0.2) is 29.3 Å². The Morgan fingerprint density at radius 1 is 1.56 bits per heavy atom. The summed E-state index contributed by atoms with van der Waals surface area (Å²) < 4.78 is 24.1. The summed E-state index contributed by atoms with van der Waals surface area (Å²) in [6, 6.07) is 0. The third-order valence-electron chi connectivity index (χ3n) is 2.02. The van der Waals surface area contributed by atoms with Crippen LogP contribution in [0.1, 0.15) is 11.4 Å². The second-order valence-corrected chi connectivity index (χ2v) is 4.82. The first kappa shape index (κ1) is 12.6. The SMILES string of the molecule is Cc1nn(CC(=O)O)c(C)c1S(=O)(=O)NN. The average molecular weight is 248 g/mol. The van der Waals surface area contributed by atoms with Crippen LogP contribution in [-0.2, 0) is 21.4 Å². The summed E-state index contributed by atoms with van der Waals surface area (Å²) in [5, 5.41) is 12.4. The fourth-order valence-electron chi connectivity index (χ4n) is 1.41. The van der Waals surface area contributed by atoms with Gasteiger partial charge in [-0.1, -0.05) is 0 Å². The number of carboxylic acid groups (broad SMARTS) is 1. The fourth-order valence-corrected chi connectivity index (χ4v) is 2.45. The van der Waals surface area contributed by atoms with Gasteiger partial charge in [0.1, 0.15) is 11.4 Å². The molecule has 1 aromatic rings. The van der Waals surface area contributed by atoms with Gasteiger partial charge in [0.25, 0.3) is 10.0 Å². The van der Waals surface area contributed by atoms with Gasteiger partial charge in [-0.3, -0.25) is 15.3 Å². The molecule has 0 aliphatic rings. The molecule has 0 atom stereocenters. The molecule has 90 valence electrons. The first-order valence-corrected chi connectivity index (χ1v) is 5.76. The zero-order valence-electron chi connectivity index (χ0n) is 8.76. The van der Waals surface area contributed by atoms with Gasteiger partial charge < -0.3 is 5.11 Å². The monoisotopic (exact) mass is 248 g/mol. The van der Waals surface area contributed by atoms with E-state index in [2.05, 4.69) is 5.10 Å². The minimum Gasteiger partial charge on any atom is -0.480 e. The molecule has 9 heteroatoms. The van der Waals surface area contributed by atoms with E-state index in [1.165, 1.54) is 13.8 Å². The Balaban J connectivity index is 3.33. The molecule has 0 radical (unpaired) electrons. The zero-order chi connectivity index (χ0) is 12.5. The number of rotatable bonds is 4. The molecule has 0 saturated heterocycles. The number of hydrazine groups is 1. The molecule has 1 rings (SSSR count). The van der Waals surface area contributed by atoms with E-state index in [-0.39, 0.29) is 16.3 Å². The summed E-state index contributed by atoms with van der Waals surface area (Å²) in [6.07, 6.45) is 0. The Morgan fingerprint density at radius 3 is 2.56 bits per heavy atom. The second kappa shape index (κ2) is 4.20. The van der Waals surface area contributed by atoms with Crippen LogP contribution >= 0.6 is 0 Å². The third kappa shape index (κ3) is 2.21. The lowest BCUT2D eigenvalue weighted by Gasteiger charge is -2.03. The Kier molecular flexibility index (Phi) is 3.31. The highest BCUT2D eigenvalue weighted by Gasteiger charge is 2.23. The van der Waals surface area contributed by atoms with Gasteiger partial charge in [0, 0.05) is 0 Å². The smallest absolute Gasteiger partial charge is 0.325 e. The number of aryl methyl sites for hydroxylation is 1. The van der Waals surface area contributed by atoms with Crippen molar-refractivity contribution in [3.63, 3.8) is 0 Å². The van der Waals surface area contributed by atoms with Crippen LogP contribution in [0.15, 0.2) is 4.90 Å². The Hall–Kier alpha value is -1.45. The highest BCUT2D eigenvalue weighted by molar-refractivity contribution is 7.89. The molecular formula is C7H12N4O4S. The standard InChI is InChI=1S/C7H12N4O4S/c1-4-7(16(14,15)10-8)5(2)11(9-4)3-6(12)13/h10H,3,8H2,1-2H3,(H,12,13). The average Bonchev–Trinajstić information content (AvgIpc) is 2.41. The molecule has 0 amide bonds. The van der Waals surface area contributed by atoms with E-state index in [9.17, 15) is 13.2 Å². The lowest BCUT2D eigenvalue weighted by atomic mass is 10.4. The number of aliphatic carboxylic acids is 1. The first-order valence-electron chi connectivity index (χ1n) is 4.27. The van der Waals surface area contributed by atoms with E-state index >= 15 is 0 Å². The van der Waals surface area contributed by atoms with Crippen molar-refractivity contribution in [2.75, 3.05) is 0 Å². The van der Waals surface area contributed by atoms with Crippen LogP contribution in [0.25, 0.3) is 0 Å². The van der Waals surface area contributed by atoms with E-state index in [1.807, 2.05) is 0 Å². The molecule has 0 unspecified atom stereocenters. The van der Waals surface area contributed by atoms with Crippen LogP contribution in [0.4, 0.5) is 0 Å². The van der Waals surface area contributed by atoms with Crippen LogP contribution < -0.4 is 10.7 Å². The minimum absolute atomic E-state index is 0.0868. The molecular weight excluding hydrogens is 236 g/mol. The van der Waals surface area contributed by atoms with Crippen molar-refractivity contribution in [2.24, 2.45) is 5.84 Å². The quantitative estimate of drug-likeness (QED) is 0.450. The van der Waals surface area contributed by atoms with Crippen molar-refractivity contribution < 1.29 is 18.3 Å². The number of carbonyl (C=O) groups is 1. The van der Waals surface area contributed by atoms with Crippen molar-refractivity contribution in [3.05, 3.63) is 11.4 Å². The number of sulfonamides is 1. The summed E-state index contributed by atoms with van der Waals surface area (Å²) in [5.41, 5.74) is 0.439. The largest absolute Gasteiger partial charge is 0.480 e. The minimum atomic E-state index is -3.82. The lowest BCUT2D eigenvalue weighted by Crippen LogP contribution is -2.31. The molecule has 0 aromatic carbocycles. The fraction of sp³-hybridized carbons (Fsp3) is 0.429. The highest BCUT2D eigenvalue weighted by atomic mass is 32.2. The number of nitrogens with two attached hydrogens (primary N) is 1. The number of carboxylic acids is 1. The number of nitrogens with zero attached hydrogens (tertiary/aromatic N) is 2. The normalized spacial score (nSPS) is 11.7. The number of hydrogen-bond donors (Lipinski definition) is 3. The molecule has 1 heterocycles. The highest BCUT2D eigenvalue weighted by Crippen LogP contribution is 2.18. The zero-order valence-corrected chi connectivity index (χ0v) is 9.58. The summed E-state index contributed by atoms with van der Waals surface area (Å²) in [6.45, 7) is 2.54. The summed E-state index contributed by atoms with van der Waals surface area (Å²) in [4.78, 5) is 12.1.